The van der Waals surface area contributed by atoms with Crippen molar-refractivity contribution in [1.82, 2.24) is 5.32 Å². The van der Waals surface area contributed by atoms with Crippen molar-refractivity contribution in [3.05, 3.63) is 0 Å². The van der Waals surface area contributed by atoms with Crippen molar-refractivity contribution in [2.45, 2.75) is 58.8 Å². The first-order valence-corrected chi connectivity index (χ1v) is 6.84. The molecule has 0 aromatic rings. The van der Waals surface area contributed by atoms with Gasteiger partial charge in [-0.2, -0.15) is 0 Å². The molecule has 0 rings (SSSR count). The highest BCUT2D eigenvalue weighted by molar-refractivity contribution is 6.17. The van der Waals surface area contributed by atoms with Crippen LogP contribution in [0.5, 0.6) is 0 Å². The van der Waals surface area contributed by atoms with Crippen molar-refractivity contribution in [2.24, 2.45) is 0 Å². The summed E-state index contributed by atoms with van der Waals surface area (Å²) in [5, 5.41) is 2.41. The molecule has 7 heteroatoms. The lowest BCUT2D eigenvalue weighted by Crippen LogP contribution is -2.47. The summed E-state index contributed by atoms with van der Waals surface area (Å²) in [5.41, 5.74) is -1.11. The molecule has 0 aromatic carbocycles. The Morgan fingerprint density at radius 3 is 2.05 bits per heavy atom. The molecule has 0 aliphatic carbocycles. The topological polar surface area (TPSA) is 73.9 Å². The molecule has 0 spiro atoms. The van der Waals surface area contributed by atoms with Crippen molar-refractivity contribution < 1.29 is 23.8 Å². The predicted molar refractivity (Wildman–Crippen MR) is 75.7 cm³/mol. The quantitative estimate of drug-likeness (QED) is 0.623. The van der Waals surface area contributed by atoms with E-state index in [9.17, 15) is 9.59 Å². The van der Waals surface area contributed by atoms with Crippen LogP contribution in [0, 0.1) is 0 Å². The monoisotopic (exact) mass is 309 g/mol. The summed E-state index contributed by atoms with van der Waals surface area (Å²) in [6, 6.07) is -1.26. The lowest BCUT2D eigenvalue weighted by molar-refractivity contribution is -0.147. The van der Waals surface area contributed by atoms with Gasteiger partial charge in [0.15, 0.2) is 12.1 Å². The highest BCUT2D eigenvalue weighted by Crippen LogP contribution is 2.10. The number of esters is 1. The van der Waals surface area contributed by atoms with Crippen LogP contribution in [0.4, 0.5) is 4.79 Å². The zero-order valence-corrected chi connectivity index (χ0v) is 13.7. The van der Waals surface area contributed by atoms with E-state index in [1.54, 1.807) is 20.8 Å². The van der Waals surface area contributed by atoms with Gasteiger partial charge in [0.25, 0.3) is 0 Å². The summed E-state index contributed by atoms with van der Waals surface area (Å²) in [6.45, 7) is 10.7. The second-order valence-electron chi connectivity index (χ2n) is 6.19. The van der Waals surface area contributed by atoms with Gasteiger partial charge in [0.05, 0.1) is 12.2 Å². The average Bonchev–Trinajstić information content (AvgIpc) is 2.20. The van der Waals surface area contributed by atoms with Gasteiger partial charge in [-0.1, -0.05) is 11.6 Å². The number of rotatable bonds is 5. The fourth-order valence-electron chi connectivity index (χ4n) is 1.11. The molecule has 0 bridgehead atoms. The third kappa shape index (κ3) is 9.86. The first kappa shape index (κ1) is 19.0. The lowest BCUT2D eigenvalue weighted by Gasteiger charge is -2.25. The van der Waals surface area contributed by atoms with E-state index < -0.39 is 29.3 Å². The average molecular weight is 310 g/mol. The summed E-state index contributed by atoms with van der Waals surface area (Å²) in [6.07, 6.45) is -0.716. The SMILES string of the molecule is CC(C)(C)OC[C@H](NC(=O)OC(C)(C)C)C(=O)OCCl. The molecule has 0 aromatic heterocycles. The number of amides is 1. The fraction of sp³-hybridized carbons (Fsp3) is 0.846. The van der Waals surface area contributed by atoms with Crippen LogP contribution in [0.15, 0.2) is 0 Å². The third-order valence-electron chi connectivity index (χ3n) is 1.86. The van der Waals surface area contributed by atoms with Gasteiger partial charge >= 0.3 is 12.1 Å². The fourth-order valence-corrected chi connectivity index (χ4v) is 1.21. The van der Waals surface area contributed by atoms with Gasteiger partial charge in [-0.15, -0.1) is 0 Å². The van der Waals surface area contributed by atoms with Crippen LogP contribution >= 0.6 is 11.6 Å². The first-order valence-electron chi connectivity index (χ1n) is 6.30. The number of hydrogen-bond donors (Lipinski definition) is 1. The van der Waals surface area contributed by atoms with Gasteiger partial charge in [-0.3, -0.25) is 0 Å². The van der Waals surface area contributed by atoms with E-state index in [-0.39, 0.29) is 12.7 Å². The molecular formula is C13H24ClNO5. The molecule has 1 atom stereocenters. The Morgan fingerprint density at radius 2 is 1.65 bits per heavy atom. The molecule has 0 unspecified atom stereocenters. The lowest BCUT2D eigenvalue weighted by atomic mass is 10.2. The van der Waals surface area contributed by atoms with Crippen molar-refractivity contribution in [1.29, 1.82) is 0 Å². The van der Waals surface area contributed by atoms with E-state index in [0.717, 1.165) is 0 Å². The molecule has 0 aliphatic heterocycles. The van der Waals surface area contributed by atoms with Crippen LogP contribution in [-0.4, -0.2) is 42.0 Å². The highest BCUT2D eigenvalue weighted by atomic mass is 35.5. The number of hydrogen-bond acceptors (Lipinski definition) is 5. The zero-order valence-electron chi connectivity index (χ0n) is 12.9. The Labute approximate surface area is 125 Å². The van der Waals surface area contributed by atoms with Crippen LogP contribution < -0.4 is 5.32 Å². The molecule has 0 fully saturated rings. The Kier molecular flexibility index (Phi) is 7.30. The van der Waals surface area contributed by atoms with E-state index in [4.69, 9.17) is 21.1 Å². The smallest absolute Gasteiger partial charge is 0.408 e. The molecule has 0 aliphatic rings. The molecule has 0 saturated heterocycles. The van der Waals surface area contributed by atoms with Gasteiger partial charge in [0.2, 0.25) is 0 Å². The van der Waals surface area contributed by atoms with Crippen LogP contribution in [0.3, 0.4) is 0 Å². The molecule has 0 heterocycles. The van der Waals surface area contributed by atoms with E-state index >= 15 is 0 Å². The Balaban J connectivity index is 4.61. The van der Waals surface area contributed by atoms with Gasteiger partial charge in [0.1, 0.15) is 5.60 Å². The maximum absolute atomic E-state index is 11.7. The highest BCUT2D eigenvalue weighted by Gasteiger charge is 2.27. The predicted octanol–water partition coefficient (Wildman–Crippen LogP) is 2.43. The van der Waals surface area contributed by atoms with E-state index in [1.807, 2.05) is 20.8 Å². The van der Waals surface area contributed by atoms with Crippen LogP contribution in [0.1, 0.15) is 41.5 Å². The minimum Gasteiger partial charge on any atom is -0.448 e. The molecule has 0 radical (unpaired) electrons. The third-order valence-corrected chi connectivity index (χ3v) is 1.96. The van der Waals surface area contributed by atoms with Gasteiger partial charge < -0.3 is 19.5 Å². The maximum atomic E-state index is 11.7. The van der Waals surface area contributed by atoms with Gasteiger partial charge in [-0.25, -0.2) is 9.59 Å². The summed E-state index contributed by atoms with van der Waals surface area (Å²) < 4.78 is 15.2. The molecular weight excluding hydrogens is 286 g/mol. The number of alkyl carbamates (subject to hydrolysis) is 1. The molecule has 6 nitrogen and oxygen atoms in total. The Bertz CT molecular complexity index is 333. The van der Waals surface area contributed by atoms with Crippen molar-refractivity contribution in [2.75, 3.05) is 12.7 Å². The van der Waals surface area contributed by atoms with E-state index in [1.165, 1.54) is 0 Å². The number of carbonyl (C=O) groups is 2. The zero-order chi connectivity index (χ0) is 16.0. The normalized spacial score (nSPS) is 13.6. The number of carbonyl (C=O) groups excluding carboxylic acids is 2. The van der Waals surface area contributed by atoms with Crippen LogP contribution in [-0.2, 0) is 19.0 Å². The van der Waals surface area contributed by atoms with Gasteiger partial charge in [-0.05, 0) is 41.5 Å². The summed E-state index contributed by atoms with van der Waals surface area (Å²) in [5.74, 6) is -0.671. The molecule has 20 heavy (non-hydrogen) atoms. The molecule has 1 amide bonds. The van der Waals surface area contributed by atoms with Gasteiger partial charge in [0, 0.05) is 0 Å². The number of alkyl halides is 1. The Morgan fingerprint density at radius 1 is 1.10 bits per heavy atom. The van der Waals surface area contributed by atoms with E-state index in [2.05, 4.69) is 10.1 Å². The second-order valence-corrected chi connectivity index (χ2v) is 6.41. The summed E-state index contributed by atoms with van der Waals surface area (Å²) in [7, 11) is 0. The standard InChI is InChI=1S/C13H24ClNO5/c1-12(2,3)19-7-9(10(16)18-8-14)15-11(17)20-13(4,5)6/h9H,7-8H2,1-6H3,(H,15,17)/t9-/m0/s1. The minimum atomic E-state index is -0.970. The summed E-state index contributed by atoms with van der Waals surface area (Å²) >= 11 is 5.35. The minimum absolute atomic E-state index is 0.0293. The Hall–Kier alpha value is -1.01. The van der Waals surface area contributed by atoms with Crippen LogP contribution in [0.2, 0.25) is 0 Å². The maximum Gasteiger partial charge on any atom is 0.408 e. The second kappa shape index (κ2) is 7.69. The summed E-state index contributed by atoms with van der Waals surface area (Å²) in [4.78, 5) is 23.4. The molecule has 118 valence electrons. The number of halogens is 1. The van der Waals surface area contributed by atoms with Crippen molar-refractivity contribution >= 4 is 23.7 Å². The number of nitrogens with one attached hydrogen (secondary N) is 1. The van der Waals surface area contributed by atoms with Crippen molar-refractivity contribution in [3.63, 3.8) is 0 Å². The molecule has 1 N–H and O–H groups in total. The molecule has 0 saturated carbocycles. The van der Waals surface area contributed by atoms with Crippen LogP contribution in [0.25, 0.3) is 0 Å². The number of ether oxygens (including phenoxy) is 3. The van der Waals surface area contributed by atoms with Crippen molar-refractivity contribution in [3.8, 4) is 0 Å². The first-order chi connectivity index (χ1) is 8.94. The van der Waals surface area contributed by atoms with E-state index in [0.29, 0.717) is 0 Å². The largest absolute Gasteiger partial charge is 0.448 e.